The average Bonchev–Trinajstić information content (AvgIpc) is 2.36. The van der Waals surface area contributed by atoms with Crippen LogP contribution in [0.3, 0.4) is 0 Å². The summed E-state index contributed by atoms with van der Waals surface area (Å²) < 4.78 is 62.9. The van der Waals surface area contributed by atoms with Crippen molar-refractivity contribution in [3.8, 4) is 0 Å². The molecule has 118 valence electrons. The normalized spacial score (nSPS) is 12.0. The van der Waals surface area contributed by atoms with Gasteiger partial charge < -0.3 is 5.32 Å². The molecule has 0 aromatic heterocycles. The van der Waals surface area contributed by atoms with Crippen molar-refractivity contribution in [3.05, 3.63) is 28.1 Å². The smallest absolute Gasteiger partial charge is 0.274 e. The van der Waals surface area contributed by atoms with E-state index in [9.17, 15) is 31.7 Å². The van der Waals surface area contributed by atoms with Gasteiger partial charge in [-0.2, -0.15) is 4.31 Å². The zero-order chi connectivity index (χ0) is 16.4. The molecule has 0 spiro atoms. The molecule has 0 atom stereocenters. The number of nitro groups is 1. The Balaban J connectivity index is 3.45. The summed E-state index contributed by atoms with van der Waals surface area (Å²) in [5, 5.41) is 12.9. The molecule has 0 saturated heterocycles. The summed E-state index contributed by atoms with van der Waals surface area (Å²) in [4.78, 5) is 8.80. The van der Waals surface area contributed by atoms with E-state index in [0.29, 0.717) is 6.07 Å². The van der Waals surface area contributed by atoms with Gasteiger partial charge in [-0.1, -0.05) is 0 Å². The van der Waals surface area contributed by atoms with Crippen molar-refractivity contribution in [3.63, 3.8) is 0 Å². The highest BCUT2D eigenvalue weighted by molar-refractivity contribution is 7.89. The van der Waals surface area contributed by atoms with E-state index in [1.165, 1.54) is 7.05 Å². The summed E-state index contributed by atoms with van der Waals surface area (Å²) in [6.07, 6.45) is -2.94. The number of hydrogen-bond donors (Lipinski definition) is 1. The van der Waals surface area contributed by atoms with Gasteiger partial charge in [0.15, 0.2) is 5.82 Å². The van der Waals surface area contributed by atoms with Gasteiger partial charge in [0.2, 0.25) is 10.0 Å². The third-order valence-corrected chi connectivity index (χ3v) is 4.47. The fourth-order valence-electron chi connectivity index (χ4n) is 1.58. The molecule has 0 fully saturated rings. The highest BCUT2D eigenvalue weighted by atomic mass is 32.2. The molecule has 1 aromatic rings. The van der Waals surface area contributed by atoms with Gasteiger partial charge >= 0.3 is 0 Å². The fraction of sp³-hybridized carbons (Fsp3) is 0.400. The molecule has 0 amide bonds. The first-order chi connectivity index (χ1) is 9.61. The Labute approximate surface area is 118 Å². The van der Waals surface area contributed by atoms with Gasteiger partial charge in [-0.25, -0.2) is 21.6 Å². The Morgan fingerprint density at radius 3 is 2.43 bits per heavy atom. The van der Waals surface area contributed by atoms with Gasteiger partial charge in [-0.3, -0.25) is 10.1 Å². The molecule has 1 aromatic carbocycles. The second-order valence-corrected chi connectivity index (χ2v) is 5.97. The molecule has 0 aliphatic rings. The molecule has 0 bridgehead atoms. The third kappa shape index (κ3) is 3.61. The molecule has 0 saturated carbocycles. The van der Waals surface area contributed by atoms with Crippen LogP contribution in [0.25, 0.3) is 0 Å². The Morgan fingerprint density at radius 1 is 1.43 bits per heavy atom. The molecule has 0 heterocycles. The number of rotatable bonds is 6. The quantitative estimate of drug-likeness (QED) is 0.633. The van der Waals surface area contributed by atoms with Crippen molar-refractivity contribution in [1.29, 1.82) is 0 Å². The predicted octanol–water partition coefficient (Wildman–Crippen LogP) is 1.66. The zero-order valence-electron chi connectivity index (χ0n) is 11.0. The van der Waals surface area contributed by atoms with E-state index in [2.05, 4.69) is 5.32 Å². The molecule has 0 aliphatic heterocycles. The third-order valence-electron chi connectivity index (χ3n) is 2.57. The number of alkyl halides is 2. The summed E-state index contributed by atoms with van der Waals surface area (Å²) in [7, 11) is -2.47. The minimum Gasteiger partial charge on any atom is -0.387 e. The number of benzene rings is 1. The van der Waals surface area contributed by atoms with Crippen LogP contribution in [0.2, 0.25) is 0 Å². The van der Waals surface area contributed by atoms with Crippen LogP contribution in [-0.4, -0.2) is 44.7 Å². The molecule has 21 heavy (non-hydrogen) atoms. The Morgan fingerprint density at radius 2 is 2.00 bits per heavy atom. The standard InChI is InChI=1S/C10H12F3N3O4S/c1-14-8-4-6(16(17)18)3-7(11)10(8)21(19,20)15(2)5-9(12)13/h3-4,9,14H,5H2,1-2H3. The van der Waals surface area contributed by atoms with E-state index in [1.54, 1.807) is 0 Å². The molecule has 1 rings (SSSR count). The number of non-ortho nitro benzene ring substituents is 1. The lowest BCUT2D eigenvalue weighted by atomic mass is 10.2. The monoisotopic (exact) mass is 327 g/mol. The van der Waals surface area contributed by atoms with Crippen LogP contribution in [-0.2, 0) is 10.0 Å². The van der Waals surface area contributed by atoms with E-state index in [-0.39, 0.29) is 9.99 Å². The topological polar surface area (TPSA) is 92.5 Å². The van der Waals surface area contributed by atoms with E-state index < -0.39 is 44.3 Å². The summed E-state index contributed by atoms with van der Waals surface area (Å²) in [6, 6.07) is 1.23. The Hall–Kier alpha value is -1.88. The van der Waals surface area contributed by atoms with Crippen molar-refractivity contribution in [2.75, 3.05) is 26.0 Å². The highest BCUT2D eigenvalue weighted by Crippen LogP contribution is 2.31. The van der Waals surface area contributed by atoms with Crippen LogP contribution in [0.4, 0.5) is 24.5 Å². The molecule has 0 unspecified atom stereocenters. The minimum atomic E-state index is -4.56. The van der Waals surface area contributed by atoms with Crippen LogP contribution >= 0.6 is 0 Å². The van der Waals surface area contributed by atoms with Gasteiger partial charge in [0.05, 0.1) is 23.2 Å². The number of sulfonamides is 1. The Bertz CT molecular complexity index is 651. The van der Waals surface area contributed by atoms with Crippen LogP contribution < -0.4 is 5.32 Å². The van der Waals surface area contributed by atoms with E-state index in [1.807, 2.05) is 0 Å². The fourth-order valence-corrected chi connectivity index (χ4v) is 2.95. The van der Waals surface area contributed by atoms with Crippen molar-refractivity contribution >= 4 is 21.4 Å². The summed E-state index contributed by atoms with van der Waals surface area (Å²) >= 11 is 0. The van der Waals surface area contributed by atoms with Crippen LogP contribution in [0, 0.1) is 15.9 Å². The minimum absolute atomic E-state index is 0.281. The second kappa shape index (κ2) is 6.26. The summed E-state index contributed by atoms with van der Waals surface area (Å²) in [5.74, 6) is -1.39. The van der Waals surface area contributed by atoms with Crippen LogP contribution in [0.5, 0.6) is 0 Å². The number of nitrogens with zero attached hydrogens (tertiary/aromatic N) is 2. The second-order valence-electron chi connectivity index (χ2n) is 3.99. The first-order valence-electron chi connectivity index (χ1n) is 5.51. The molecule has 0 radical (unpaired) electrons. The van der Waals surface area contributed by atoms with E-state index in [4.69, 9.17) is 0 Å². The van der Waals surface area contributed by atoms with Gasteiger partial charge in [-0.05, 0) is 0 Å². The maximum atomic E-state index is 13.9. The number of anilines is 1. The van der Waals surface area contributed by atoms with Gasteiger partial charge in [0.25, 0.3) is 12.1 Å². The average molecular weight is 327 g/mol. The predicted molar refractivity (Wildman–Crippen MR) is 68.4 cm³/mol. The van der Waals surface area contributed by atoms with Gasteiger partial charge in [0.1, 0.15) is 4.90 Å². The van der Waals surface area contributed by atoms with Crippen LogP contribution in [0.1, 0.15) is 0 Å². The van der Waals surface area contributed by atoms with Crippen molar-refractivity contribution in [2.45, 2.75) is 11.3 Å². The number of nitro benzene ring substituents is 1. The largest absolute Gasteiger partial charge is 0.387 e. The lowest BCUT2D eigenvalue weighted by molar-refractivity contribution is -0.385. The molecular weight excluding hydrogens is 315 g/mol. The highest BCUT2D eigenvalue weighted by Gasteiger charge is 2.31. The summed E-state index contributed by atoms with van der Waals surface area (Å²) in [6.45, 7) is -1.12. The number of nitrogens with one attached hydrogen (secondary N) is 1. The lowest BCUT2D eigenvalue weighted by Crippen LogP contribution is -2.32. The molecule has 1 N–H and O–H groups in total. The first kappa shape index (κ1) is 17.2. The van der Waals surface area contributed by atoms with Crippen molar-refractivity contribution in [1.82, 2.24) is 4.31 Å². The van der Waals surface area contributed by atoms with Crippen LogP contribution in [0.15, 0.2) is 17.0 Å². The van der Waals surface area contributed by atoms with Gasteiger partial charge in [0, 0.05) is 20.2 Å². The molecule has 11 heteroatoms. The maximum Gasteiger partial charge on any atom is 0.274 e. The summed E-state index contributed by atoms with van der Waals surface area (Å²) in [5.41, 5.74) is -1.05. The number of halogens is 3. The van der Waals surface area contributed by atoms with E-state index >= 15 is 0 Å². The molecular formula is C10H12F3N3O4S. The first-order valence-corrected chi connectivity index (χ1v) is 6.95. The lowest BCUT2D eigenvalue weighted by Gasteiger charge is -2.19. The maximum absolute atomic E-state index is 13.9. The Kier molecular flexibility index (Phi) is 5.12. The SMILES string of the molecule is CNc1cc([N+](=O)[O-])cc(F)c1S(=O)(=O)N(C)CC(F)F. The molecule has 7 nitrogen and oxygen atoms in total. The van der Waals surface area contributed by atoms with Crippen molar-refractivity contribution < 1.29 is 26.5 Å². The van der Waals surface area contributed by atoms with Gasteiger partial charge in [-0.15, -0.1) is 0 Å². The zero-order valence-corrected chi connectivity index (χ0v) is 11.8. The number of hydrogen-bond acceptors (Lipinski definition) is 5. The van der Waals surface area contributed by atoms with E-state index in [0.717, 1.165) is 13.1 Å². The van der Waals surface area contributed by atoms with Crippen molar-refractivity contribution in [2.24, 2.45) is 0 Å². The molecule has 0 aliphatic carbocycles.